The smallest absolute Gasteiger partial charge is 0.293 e. The molecule has 5 nitrogen and oxygen atoms in total. The van der Waals surface area contributed by atoms with E-state index in [4.69, 9.17) is 28.2 Å². The van der Waals surface area contributed by atoms with Gasteiger partial charge in [-0.1, -0.05) is 23.7 Å². The lowest BCUT2D eigenvalue weighted by Gasteiger charge is -2.45. The fraction of sp³-hybridized carbons (Fsp3) is 0.368. The molecule has 26 heavy (non-hydrogen) atoms. The van der Waals surface area contributed by atoms with Crippen LogP contribution in [0, 0.1) is 5.92 Å². The summed E-state index contributed by atoms with van der Waals surface area (Å²) >= 11 is 11.3. The number of hydrogen-bond acceptors (Lipinski definition) is 4. The van der Waals surface area contributed by atoms with Gasteiger partial charge in [0.2, 0.25) is 0 Å². The van der Waals surface area contributed by atoms with E-state index in [1.807, 2.05) is 12.1 Å². The summed E-state index contributed by atoms with van der Waals surface area (Å²) in [6, 6.07) is 11.0. The molecule has 7 heteroatoms. The van der Waals surface area contributed by atoms with Crippen molar-refractivity contribution in [1.29, 1.82) is 0 Å². The van der Waals surface area contributed by atoms with E-state index in [1.165, 1.54) is 25.9 Å². The van der Waals surface area contributed by atoms with Crippen molar-refractivity contribution in [3.8, 4) is 11.3 Å². The number of benzene rings is 1. The summed E-state index contributed by atoms with van der Waals surface area (Å²) in [6.45, 7) is 3.32. The van der Waals surface area contributed by atoms with Gasteiger partial charge < -0.3 is 14.6 Å². The number of rotatable bonds is 3. The highest BCUT2D eigenvalue weighted by atomic mass is 35.5. The minimum Gasteiger partial charge on any atom is -0.451 e. The molecule has 2 aromatic rings. The van der Waals surface area contributed by atoms with Crippen LogP contribution in [0.4, 0.5) is 0 Å². The van der Waals surface area contributed by atoms with Crippen molar-refractivity contribution in [2.45, 2.75) is 18.9 Å². The van der Waals surface area contributed by atoms with Crippen molar-refractivity contribution in [2.75, 3.05) is 19.6 Å². The molecule has 1 aromatic carbocycles. The monoisotopic (exact) mass is 389 g/mol. The van der Waals surface area contributed by atoms with Gasteiger partial charge in [-0.3, -0.25) is 10.1 Å². The second-order valence-corrected chi connectivity index (χ2v) is 7.69. The molecule has 0 saturated carbocycles. The molecular formula is C19H20ClN3O2S. The van der Waals surface area contributed by atoms with Gasteiger partial charge in [0.15, 0.2) is 10.9 Å². The van der Waals surface area contributed by atoms with Gasteiger partial charge in [-0.2, -0.15) is 0 Å². The van der Waals surface area contributed by atoms with Crippen molar-refractivity contribution in [2.24, 2.45) is 5.92 Å². The van der Waals surface area contributed by atoms with Crippen LogP contribution in [-0.4, -0.2) is 41.6 Å². The van der Waals surface area contributed by atoms with Crippen molar-refractivity contribution in [1.82, 2.24) is 15.5 Å². The zero-order valence-corrected chi connectivity index (χ0v) is 15.8. The first-order chi connectivity index (χ1) is 12.6. The third kappa shape index (κ3) is 3.77. The lowest BCUT2D eigenvalue weighted by Crippen LogP contribution is -2.59. The number of amides is 1. The molecule has 1 atom stereocenters. The molecule has 0 spiro atoms. The fourth-order valence-electron chi connectivity index (χ4n) is 3.75. The summed E-state index contributed by atoms with van der Waals surface area (Å²) in [5.74, 6) is 1.09. The van der Waals surface area contributed by atoms with Crippen molar-refractivity contribution >= 4 is 34.8 Å². The second-order valence-electron chi connectivity index (χ2n) is 6.85. The number of halogens is 1. The minimum absolute atomic E-state index is 0.220. The average molecular weight is 390 g/mol. The van der Waals surface area contributed by atoms with Crippen LogP contribution in [0.15, 0.2) is 40.8 Å². The number of carbonyl (C=O) groups is 1. The van der Waals surface area contributed by atoms with E-state index in [0.29, 0.717) is 27.9 Å². The Morgan fingerprint density at radius 1 is 1.23 bits per heavy atom. The van der Waals surface area contributed by atoms with Crippen LogP contribution in [-0.2, 0) is 0 Å². The zero-order valence-electron chi connectivity index (χ0n) is 14.2. The first kappa shape index (κ1) is 17.5. The lowest BCUT2D eigenvalue weighted by molar-refractivity contribution is 0.0805. The topological polar surface area (TPSA) is 57.5 Å². The van der Waals surface area contributed by atoms with E-state index < -0.39 is 0 Å². The Labute approximate surface area is 162 Å². The van der Waals surface area contributed by atoms with Gasteiger partial charge in [0.25, 0.3) is 5.91 Å². The Morgan fingerprint density at radius 2 is 2.04 bits per heavy atom. The molecule has 0 aliphatic carbocycles. The molecule has 5 rings (SSSR count). The molecule has 2 N–H and O–H groups in total. The molecule has 0 radical (unpaired) electrons. The molecule has 136 valence electrons. The maximum Gasteiger partial charge on any atom is 0.293 e. The van der Waals surface area contributed by atoms with Gasteiger partial charge in [-0.25, -0.2) is 0 Å². The van der Waals surface area contributed by atoms with E-state index in [1.54, 1.807) is 24.3 Å². The Hall–Kier alpha value is -1.89. The van der Waals surface area contributed by atoms with Gasteiger partial charge in [-0.05, 0) is 68.3 Å². The van der Waals surface area contributed by atoms with Crippen LogP contribution in [0.1, 0.15) is 23.4 Å². The molecule has 4 heterocycles. The zero-order chi connectivity index (χ0) is 18.1. The summed E-state index contributed by atoms with van der Waals surface area (Å²) in [5, 5.41) is 6.99. The van der Waals surface area contributed by atoms with Crippen LogP contribution in [0.3, 0.4) is 0 Å². The number of carbonyl (C=O) groups excluding carboxylic acids is 1. The molecule has 1 aromatic heterocycles. The minimum atomic E-state index is -0.350. The predicted molar refractivity (Wildman–Crippen MR) is 105 cm³/mol. The van der Waals surface area contributed by atoms with E-state index in [2.05, 4.69) is 15.5 Å². The first-order valence-corrected chi connectivity index (χ1v) is 9.57. The van der Waals surface area contributed by atoms with Crippen LogP contribution in [0.5, 0.6) is 0 Å². The highest BCUT2D eigenvalue weighted by molar-refractivity contribution is 7.80. The number of nitrogens with zero attached hydrogens (tertiary/aromatic N) is 1. The van der Waals surface area contributed by atoms with Gasteiger partial charge >= 0.3 is 0 Å². The largest absolute Gasteiger partial charge is 0.451 e. The average Bonchev–Trinajstić information content (AvgIpc) is 3.13. The highest BCUT2D eigenvalue weighted by Gasteiger charge is 2.34. The highest BCUT2D eigenvalue weighted by Crippen LogP contribution is 2.27. The number of piperidine rings is 3. The molecule has 3 saturated heterocycles. The Morgan fingerprint density at radius 3 is 2.73 bits per heavy atom. The SMILES string of the molecule is O=C(NC(=S)NC1CN2CCC1CC2)c1ccc(-c2cccc(Cl)c2)o1. The van der Waals surface area contributed by atoms with Gasteiger partial charge in [-0.15, -0.1) is 0 Å². The summed E-state index contributed by atoms with van der Waals surface area (Å²) in [5.41, 5.74) is 0.824. The third-order valence-corrected chi connectivity index (χ3v) is 5.59. The van der Waals surface area contributed by atoms with E-state index >= 15 is 0 Å². The number of fused-ring (bicyclic) bond motifs is 3. The molecule has 3 fully saturated rings. The first-order valence-electron chi connectivity index (χ1n) is 8.78. The lowest BCUT2D eigenvalue weighted by atomic mass is 9.84. The van der Waals surface area contributed by atoms with Crippen molar-refractivity contribution in [3.63, 3.8) is 0 Å². The van der Waals surface area contributed by atoms with E-state index in [9.17, 15) is 4.79 Å². The quantitative estimate of drug-likeness (QED) is 0.789. The standard InChI is InChI=1S/C19H20ClN3O2S/c20-14-3-1-2-13(10-14)16-4-5-17(25-16)18(24)22-19(26)21-15-11-23-8-6-12(15)7-9-23/h1-5,10,12,15H,6-9,11H2,(H2,21,22,24,26). The molecule has 3 aliphatic rings. The maximum absolute atomic E-state index is 12.4. The fourth-order valence-corrected chi connectivity index (χ4v) is 4.19. The Bertz CT molecular complexity index is 830. The second kappa shape index (κ2) is 7.39. The summed E-state index contributed by atoms with van der Waals surface area (Å²) in [7, 11) is 0. The number of nitrogens with one attached hydrogen (secondary N) is 2. The predicted octanol–water partition coefficient (Wildman–Crippen LogP) is 3.30. The summed E-state index contributed by atoms with van der Waals surface area (Å²) in [6.07, 6.45) is 2.38. The van der Waals surface area contributed by atoms with Crippen LogP contribution >= 0.6 is 23.8 Å². The molecule has 3 aliphatic heterocycles. The van der Waals surface area contributed by atoms with E-state index in [-0.39, 0.29) is 11.7 Å². The normalized spacial score (nSPS) is 24.3. The summed E-state index contributed by atoms with van der Waals surface area (Å²) in [4.78, 5) is 14.8. The van der Waals surface area contributed by atoms with Crippen molar-refractivity contribution < 1.29 is 9.21 Å². The van der Waals surface area contributed by atoms with Crippen LogP contribution in [0.2, 0.25) is 5.02 Å². The van der Waals surface area contributed by atoms with E-state index in [0.717, 1.165) is 12.1 Å². The molecule has 1 unspecified atom stereocenters. The van der Waals surface area contributed by atoms with Gasteiger partial charge in [0, 0.05) is 23.2 Å². The number of hydrogen-bond donors (Lipinski definition) is 2. The molecule has 1 amide bonds. The van der Waals surface area contributed by atoms with Crippen LogP contribution in [0.25, 0.3) is 11.3 Å². The van der Waals surface area contributed by atoms with Gasteiger partial charge in [0.1, 0.15) is 5.76 Å². The Kier molecular flexibility index (Phi) is 4.98. The molecule has 2 bridgehead atoms. The number of thiocarbonyl (C=S) groups is 1. The maximum atomic E-state index is 12.4. The van der Waals surface area contributed by atoms with Crippen LogP contribution < -0.4 is 10.6 Å². The Balaban J connectivity index is 1.37. The van der Waals surface area contributed by atoms with Gasteiger partial charge in [0.05, 0.1) is 0 Å². The molecular weight excluding hydrogens is 370 g/mol. The van der Waals surface area contributed by atoms with Crippen molar-refractivity contribution in [3.05, 3.63) is 47.2 Å². The third-order valence-electron chi connectivity index (χ3n) is 5.14. The summed E-state index contributed by atoms with van der Waals surface area (Å²) < 4.78 is 5.66. The number of furan rings is 1.